The fourth-order valence-electron chi connectivity index (χ4n) is 2.23. The lowest BCUT2D eigenvalue weighted by atomic mass is 10.2. The third-order valence-corrected chi connectivity index (χ3v) is 3.23. The molecule has 0 bridgehead atoms. The van der Waals surface area contributed by atoms with E-state index in [4.69, 9.17) is 0 Å². The van der Waals surface area contributed by atoms with E-state index in [1.54, 1.807) is 18.2 Å². The van der Waals surface area contributed by atoms with Crippen LogP contribution in [0.2, 0.25) is 0 Å². The number of nitro benzene ring substituents is 1. The van der Waals surface area contributed by atoms with E-state index in [1.807, 2.05) is 16.8 Å². The SMILES string of the molecule is O=[N+]([O-])c1ccc(Cn2ccc3cc(F)ccc32)cc1. The summed E-state index contributed by atoms with van der Waals surface area (Å²) in [6, 6.07) is 12.9. The molecule has 1 heterocycles. The Hall–Kier alpha value is -2.69. The summed E-state index contributed by atoms with van der Waals surface area (Å²) in [4.78, 5) is 10.2. The van der Waals surface area contributed by atoms with Crippen molar-refractivity contribution in [2.24, 2.45) is 0 Å². The first kappa shape index (κ1) is 12.3. The first-order valence-corrected chi connectivity index (χ1v) is 6.11. The van der Waals surface area contributed by atoms with Gasteiger partial charge in [0, 0.05) is 35.8 Å². The molecular formula is C15H11FN2O2. The molecule has 0 amide bonds. The summed E-state index contributed by atoms with van der Waals surface area (Å²) in [6.07, 6.45) is 1.88. The van der Waals surface area contributed by atoms with Crippen LogP contribution in [0.3, 0.4) is 0 Å². The van der Waals surface area contributed by atoms with E-state index in [0.29, 0.717) is 6.54 Å². The molecule has 0 fully saturated rings. The molecule has 1 aromatic heterocycles. The molecule has 0 N–H and O–H groups in total. The summed E-state index contributed by atoms with van der Waals surface area (Å²) >= 11 is 0. The van der Waals surface area contributed by atoms with Crippen molar-refractivity contribution in [1.82, 2.24) is 4.57 Å². The smallest absolute Gasteiger partial charge is 0.269 e. The minimum atomic E-state index is -0.419. The van der Waals surface area contributed by atoms with Gasteiger partial charge in [0.1, 0.15) is 5.82 Å². The number of fused-ring (bicyclic) bond motifs is 1. The van der Waals surface area contributed by atoms with Crippen molar-refractivity contribution >= 4 is 16.6 Å². The highest BCUT2D eigenvalue weighted by atomic mass is 19.1. The summed E-state index contributed by atoms with van der Waals surface area (Å²) in [6.45, 7) is 0.590. The van der Waals surface area contributed by atoms with Gasteiger partial charge in [-0.15, -0.1) is 0 Å². The lowest BCUT2D eigenvalue weighted by molar-refractivity contribution is -0.384. The summed E-state index contributed by atoms with van der Waals surface area (Å²) in [5, 5.41) is 11.4. The Labute approximate surface area is 114 Å². The average Bonchev–Trinajstić information content (AvgIpc) is 2.81. The molecule has 20 heavy (non-hydrogen) atoms. The molecule has 5 heteroatoms. The predicted molar refractivity (Wildman–Crippen MR) is 74.1 cm³/mol. The lowest BCUT2D eigenvalue weighted by Crippen LogP contribution is -1.98. The van der Waals surface area contributed by atoms with Crippen LogP contribution in [0.5, 0.6) is 0 Å². The van der Waals surface area contributed by atoms with Crippen molar-refractivity contribution in [3.63, 3.8) is 0 Å². The number of rotatable bonds is 3. The molecule has 0 atom stereocenters. The minimum absolute atomic E-state index is 0.0770. The highest BCUT2D eigenvalue weighted by Crippen LogP contribution is 2.19. The zero-order valence-electron chi connectivity index (χ0n) is 10.5. The maximum absolute atomic E-state index is 13.1. The molecule has 0 aliphatic carbocycles. The number of benzene rings is 2. The number of nitrogens with zero attached hydrogens (tertiary/aromatic N) is 2. The van der Waals surface area contributed by atoms with E-state index >= 15 is 0 Å². The van der Waals surface area contributed by atoms with Crippen LogP contribution in [-0.2, 0) is 6.54 Å². The van der Waals surface area contributed by atoms with E-state index in [2.05, 4.69) is 0 Å². The van der Waals surface area contributed by atoms with Gasteiger partial charge in [-0.1, -0.05) is 12.1 Å². The van der Waals surface area contributed by atoms with Gasteiger partial charge in [-0.2, -0.15) is 0 Å². The fourth-order valence-corrected chi connectivity index (χ4v) is 2.23. The number of hydrogen-bond donors (Lipinski definition) is 0. The summed E-state index contributed by atoms with van der Waals surface area (Å²) in [5.41, 5.74) is 1.97. The van der Waals surface area contributed by atoms with Crippen LogP contribution in [-0.4, -0.2) is 9.49 Å². The molecule has 3 aromatic rings. The van der Waals surface area contributed by atoms with E-state index in [0.717, 1.165) is 16.5 Å². The molecule has 0 saturated heterocycles. The molecule has 0 saturated carbocycles. The van der Waals surface area contributed by atoms with Gasteiger partial charge in [-0.25, -0.2) is 4.39 Å². The Morgan fingerprint density at radius 2 is 1.85 bits per heavy atom. The zero-order chi connectivity index (χ0) is 14.1. The number of nitro groups is 1. The maximum Gasteiger partial charge on any atom is 0.269 e. The standard InChI is InChI=1S/C15H11FN2O2/c16-13-3-6-15-12(9-13)7-8-17(15)10-11-1-4-14(5-2-11)18(19)20/h1-9H,10H2. The van der Waals surface area contributed by atoms with Gasteiger partial charge < -0.3 is 4.57 Å². The highest BCUT2D eigenvalue weighted by molar-refractivity contribution is 5.80. The first-order valence-electron chi connectivity index (χ1n) is 6.11. The quantitative estimate of drug-likeness (QED) is 0.537. The van der Waals surface area contributed by atoms with Crippen molar-refractivity contribution in [2.45, 2.75) is 6.54 Å². The van der Waals surface area contributed by atoms with Crippen LogP contribution in [0.1, 0.15) is 5.56 Å². The van der Waals surface area contributed by atoms with Crippen molar-refractivity contribution < 1.29 is 9.31 Å². The molecule has 0 unspecified atom stereocenters. The van der Waals surface area contributed by atoms with Gasteiger partial charge >= 0.3 is 0 Å². The molecule has 2 aromatic carbocycles. The van der Waals surface area contributed by atoms with Crippen LogP contribution in [0, 0.1) is 15.9 Å². The zero-order valence-corrected chi connectivity index (χ0v) is 10.5. The molecule has 3 rings (SSSR count). The molecule has 100 valence electrons. The second kappa shape index (κ2) is 4.77. The van der Waals surface area contributed by atoms with Gasteiger partial charge in [-0.3, -0.25) is 10.1 Å². The average molecular weight is 270 g/mol. The number of hydrogen-bond acceptors (Lipinski definition) is 2. The van der Waals surface area contributed by atoms with E-state index < -0.39 is 4.92 Å². The number of halogens is 1. The van der Waals surface area contributed by atoms with Crippen molar-refractivity contribution in [3.8, 4) is 0 Å². The van der Waals surface area contributed by atoms with Crippen LogP contribution in [0.25, 0.3) is 10.9 Å². The summed E-state index contributed by atoms with van der Waals surface area (Å²) in [5.74, 6) is -0.259. The van der Waals surface area contributed by atoms with E-state index in [-0.39, 0.29) is 11.5 Å². The van der Waals surface area contributed by atoms with E-state index in [1.165, 1.54) is 24.3 Å². The fraction of sp³-hybridized carbons (Fsp3) is 0.0667. The number of aromatic nitrogens is 1. The normalized spacial score (nSPS) is 10.8. The van der Waals surface area contributed by atoms with Crippen molar-refractivity contribution in [2.75, 3.05) is 0 Å². The largest absolute Gasteiger partial charge is 0.343 e. The third kappa shape index (κ3) is 2.25. The molecule has 0 spiro atoms. The second-order valence-corrected chi connectivity index (χ2v) is 4.57. The molecule has 0 radical (unpaired) electrons. The molecule has 0 aliphatic rings. The molecule has 4 nitrogen and oxygen atoms in total. The van der Waals surface area contributed by atoms with Gasteiger partial charge in [0.2, 0.25) is 0 Å². The highest BCUT2D eigenvalue weighted by Gasteiger charge is 2.06. The first-order chi connectivity index (χ1) is 9.63. The van der Waals surface area contributed by atoms with Gasteiger partial charge in [0.25, 0.3) is 5.69 Å². The molecule has 0 aliphatic heterocycles. The summed E-state index contributed by atoms with van der Waals surface area (Å²) in [7, 11) is 0. The molecular weight excluding hydrogens is 259 g/mol. The third-order valence-electron chi connectivity index (χ3n) is 3.23. The Bertz CT molecular complexity index is 778. The Morgan fingerprint density at radius 1 is 1.10 bits per heavy atom. The Balaban J connectivity index is 1.91. The van der Waals surface area contributed by atoms with E-state index in [9.17, 15) is 14.5 Å². The topological polar surface area (TPSA) is 48.1 Å². The maximum atomic E-state index is 13.1. The Morgan fingerprint density at radius 3 is 2.55 bits per heavy atom. The van der Waals surface area contributed by atoms with Crippen molar-refractivity contribution in [1.29, 1.82) is 0 Å². The van der Waals surface area contributed by atoms with Crippen LogP contribution in [0.15, 0.2) is 54.7 Å². The van der Waals surface area contributed by atoms with Gasteiger partial charge in [-0.05, 0) is 29.8 Å². The van der Waals surface area contributed by atoms with Crippen molar-refractivity contribution in [3.05, 3.63) is 76.2 Å². The number of non-ortho nitro benzene ring substituents is 1. The predicted octanol–water partition coefficient (Wildman–Crippen LogP) is 3.74. The van der Waals surface area contributed by atoms with Crippen LogP contribution < -0.4 is 0 Å². The van der Waals surface area contributed by atoms with Crippen LogP contribution in [0.4, 0.5) is 10.1 Å². The van der Waals surface area contributed by atoms with Gasteiger partial charge in [0.15, 0.2) is 0 Å². The minimum Gasteiger partial charge on any atom is -0.343 e. The second-order valence-electron chi connectivity index (χ2n) is 4.57. The summed E-state index contributed by atoms with van der Waals surface area (Å²) < 4.78 is 15.1. The van der Waals surface area contributed by atoms with Gasteiger partial charge in [0.05, 0.1) is 4.92 Å². The van der Waals surface area contributed by atoms with Crippen LogP contribution >= 0.6 is 0 Å². The Kier molecular flexibility index (Phi) is 2.95. The monoisotopic (exact) mass is 270 g/mol. The lowest BCUT2D eigenvalue weighted by Gasteiger charge is -2.05.